The predicted molar refractivity (Wildman–Crippen MR) is 78.2 cm³/mol. The van der Waals surface area contributed by atoms with Crippen LogP contribution in [0.5, 0.6) is 0 Å². The summed E-state index contributed by atoms with van der Waals surface area (Å²) in [6, 6.07) is 0. The van der Waals surface area contributed by atoms with Crippen LogP contribution in [0.2, 0.25) is 0 Å². The second kappa shape index (κ2) is 7.71. The molecule has 0 fully saturated rings. The maximum atomic E-state index is 11.4. The Kier molecular flexibility index (Phi) is 7.01. The van der Waals surface area contributed by atoms with Crippen molar-refractivity contribution in [1.29, 1.82) is 0 Å². The molecule has 0 bridgehead atoms. The smallest absolute Gasteiger partial charge is 0.342 e. The molecule has 20 heavy (non-hydrogen) atoms. The van der Waals surface area contributed by atoms with Crippen molar-refractivity contribution in [3.05, 3.63) is 17.5 Å². The Balaban J connectivity index is 0.000000796. The van der Waals surface area contributed by atoms with E-state index in [4.69, 9.17) is 0 Å². The lowest BCUT2D eigenvalue weighted by molar-refractivity contribution is 0.0600. The van der Waals surface area contributed by atoms with Gasteiger partial charge >= 0.3 is 5.97 Å². The molecular formula is C15H24N2O3. The summed E-state index contributed by atoms with van der Waals surface area (Å²) in [4.78, 5) is 11.4. The van der Waals surface area contributed by atoms with E-state index in [1.54, 1.807) is 20.9 Å². The highest BCUT2D eigenvalue weighted by Crippen LogP contribution is 2.07. The van der Waals surface area contributed by atoms with E-state index in [9.17, 15) is 9.90 Å². The molecule has 0 saturated heterocycles. The van der Waals surface area contributed by atoms with Crippen molar-refractivity contribution in [2.45, 2.75) is 40.2 Å². The molecule has 112 valence electrons. The average Bonchev–Trinajstić information content (AvgIpc) is 2.65. The van der Waals surface area contributed by atoms with E-state index >= 15 is 0 Å². The van der Waals surface area contributed by atoms with Crippen molar-refractivity contribution in [2.75, 3.05) is 7.11 Å². The standard InChI is InChI=1S/C11H14N2O3.C4H10/c1-11(2,15)6-5-9-8(10(14)16-4)7-13(3)12-9;1-4(2)3/h7,15H,1-4H3;4H,1-3H3. The highest BCUT2D eigenvalue weighted by Gasteiger charge is 2.15. The Morgan fingerprint density at radius 2 is 1.95 bits per heavy atom. The van der Waals surface area contributed by atoms with Crippen molar-refractivity contribution < 1.29 is 14.6 Å². The number of nitrogens with zero attached hydrogens (tertiary/aromatic N) is 2. The Hall–Kier alpha value is -1.80. The first-order valence-electron chi connectivity index (χ1n) is 6.44. The van der Waals surface area contributed by atoms with Crippen LogP contribution >= 0.6 is 0 Å². The van der Waals surface area contributed by atoms with Gasteiger partial charge in [-0.15, -0.1) is 0 Å². The summed E-state index contributed by atoms with van der Waals surface area (Å²) in [6.07, 6.45) is 1.53. The van der Waals surface area contributed by atoms with E-state index in [-0.39, 0.29) is 0 Å². The van der Waals surface area contributed by atoms with E-state index in [2.05, 4.69) is 42.4 Å². The molecule has 0 aliphatic carbocycles. The van der Waals surface area contributed by atoms with Gasteiger partial charge in [0.25, 0.3) is 0 Å². The molecule has 0 aromatic carbocycles. The number of methoxy groups -OCH3 is 1. The van der Waals surface area contributed by atoms with Gasteiger partial charge in [0, 0.05) is 13.2 Å². The summed E-state index contributed by atoms with van der Waals surface area (Å²) >= 11 is 0. The third kappa shape index (κ3) is 7.59. The molecule has 0 atom stereocenters. The number of aliphatic hydroxyl groups is 1. The van der Waals surface area contributed by atoms with Crippen LogP contribution in [0, 0.1) is 17.8 Å². The van der Waals surface area contributed by atoms with Gasteiger partial charge in [-0.2, -0.15) is 5.10 Å². The molecule has 0 saturated carbocycles. The zero-order valence-electron chi connectivity index (χ0n) is 13.3. The molecule has 5 nitrogen and oxygen atoms in total. The number of carbonyl (C=O) groups is 1. The zero-order chi connectivity index (χ0) is 15.9. The van der Waals surface area contributed by atoms with Gasteiger partial charge in [-0.05, 0) is 25.7 Å². The lowest BCUT2D eigenvalue weighted by Gasteiger charge is -2.05. The Morgan fingerprint density at radius 3 is 2.35 bits per heavy atom. The summed E-state index contributed by atoms with van der Waals surface area (Å²) in [5.41, 5.74) is -0.525. The molecule has 0 radical (unpaired) electrons. The molecule has 1 heterocycles. The lowest BCUT2D eigenvalue weighted by Crippen LogP contribution is -2.14. The number of rotatable bonds is 1. The molecule has 0 spiro atoms. The summed E-state index contributed by atoms with van der Waals surface area (Å²) in [5, 5.41) is 13.5. The van der Waals surface area contributed by atoms with Crippen LogP contribution in [0.1, 0.15) is 50.7 Å². The van der Waals surface area contributed by atoms with Gasteiger partial charge in [-0.25, -0.2) is 4.79 Å². The first-order valence-corrected chi connectivity index (χ1v) is 6.44. The van der Waals surface area contributed by atoms with Crippen LogP contribution in [0.15, 0.2) is 6.20 Å². The first-order chi connectivity index (χ1) is 9.06. The van der Waals surface area contributed by atoms with Crippen molar-refractivity contribution >= 4 is 5.97 Å². The Bertz CT molecular complexity index is 497. The maximum Gasteiger partial charge on any atom is 0.342 e. The normalized spacial score (nSPS) is 10.2. The molecular weight excluding hydrogens is 256 g/mol. The van der Waals surface area contributed by atoms with Crippen molar-refractivity contribution in [3.8, 4) is 11.8 Å². The summed E-state index contributed by atoms with van der Waals surface area (Å²) in [6.45, 7) is 9.61. The SMILES string of the molecule is CC(C)C.COC(=O)c1cn(C)nc1C#CC(C)(C)O. The molecule has 1 N–H and O–H groups in total. The highest BCUT2D eigenvalue weighted by molar-refractivity contribution is 5.91. The van der Waals surface area contributed by atoms with E-state index in [0.29, 0.717) is 11.3 Å². The number of hydrogen-bond acceptors (Lipinski definition) is 4. The monoisotopic (exact) mass is 280 g/mol. The van der Waals surface area contributed by atoms with Gasteiger partial charge in [0.15, 0.2) is 0 Å². The van der Waals surface area contributed by atoms with Gasteiger partial charge < -0.3 is 9.84 Å². The van der Waals surface area contributed by atoms with Crippen LogP contribution in [-0.4, -0.2) is 33.6 Å². The van der Waals surface area contributed by atoms with Gasteiger partial charge in [0.1, 0.15) is 16.9 Å². The average molecular weight is 280 g/mol. The van der Waals surface area contributed by atoms with Crippen LogP contribution in [-0.2, 0) is 11.8 Å². The molecule has 1 rings (SSSR count). The van der Waals surface area contributed by atoms with Crippen LogP contribution in [0.3, 0.4) is 0 Å². The molecule has 0 unspecified atom stereocenters. The minimum absolute atomic E-state index is 0.293. The van der Waals surface area contributed by atoms with Gasteiger partial charge in [-0.3, -0.25) is 4.68 Å². The van der Waals surface area contributed by atoms with Gasteiger partial charge in [0.2, 0.25) is 0 Å². The topological polar surface area (TPSA) is 64.4 Å². The second-order valence-electron chi connectivity index (χ2n) is 5.60. The number of carbonyl (C=O) groups excluding carboxylic acids is 1. The molecule has 0 amide bonds. The fourth-order valence-electron chi connectivity index (χ4n) is 1.05. The fraction of sp³-hybridized carbons (Fsp3) is 0.600. The second-order valence-corrected chi connectivity index (χ2v) is 5.60. The quantitative estimate of drug-likeness (QED) is 0.631. The van der Waals surface area contributed by atoms with Crippen LogP contribution in [0.25, 0.3) is 0 Å². The molecule has 0 aliphatic heterocycles. The van der Waals surface area contributed by atoms with E-state index in [1.807, 2.05) is 0 Å². The largest absolute Gasteiger partial charge is 0.465 e. The summed E-state index contributed by atoms with van der Waals surface area (Å²) < 4.78 is 6.07. The number of ether oxygens (including phenoxy) is 1. The molecule has 5 heteroatoms. The van der Waals surface area contributed by atoms with Gasteiger partial charge in [0.05, 0.1) is 7.11 Å². The van der Waals surface area contributed by atoms with Crippen molar-refractivity contribution in [2.24, 2.45) is 13.0 Å². The minimum atomic E-state index is -1.12. The van der Waals surface area contributed by atoms with Crippen molar-refractivity contribution in [1.82, 2.24) is 9.78 Å². The van der Waals surface area contributed by atoms with E-state index < -0.39 is 11.6 Å². The maximum absolute atomic E-state index is 11.4. The minimum Gasteiger partial charge on any atom is -0.465 e. The highest BCUT2D eigenvalue weighted by atomic mass is 16.5. The molecule has 0 aliphatic rings. The zero-order valence-corrected chi connectivity index (χ0v) is 13.3. The first kappa shape index (κ1) is 18.2. The number of aromatic nitrogens is 2. The van der Waals surface area contributed by atoms with Crippen molar-refractivity contribution in [3.63, 3.8) is 0 Å². The van der Waals surface area contributed by atoms with Crippen LogP contribution < -0.4 is 0 Å². The third-order valence-electron chi connectivity index (χ3n) is 1.72. The summed E-state index contributed by atoms with van der Waals surface area (Å²) in [5.74, 6) is 5.59. The molecule has 1 aromatic heterocycles. The van der Waals surface area contributed by atoms with E-state index in [1.165, 1.54) is 18.0 Å². The van der Waals surface area contributed by atoms with Gasteiger partial charge in [-0.1, -0.05) is 26.7 Å². The van der Waals surface area contributed by atoms with Crippen LogP contribution in [0.4, 0.5) is 0 Å². The fourth-order valence-corrected chi connectivity index (χ4v) is 1.05. The number of hydrogen-bond donors (Lipinski definition) is 1. The third-order valence-corrected chi connectivity index (χ3v) is 1.72. The Morgan fingerprint density at radius 1 is 1.45 bits per heavy atom. The number of aryl methyl sites for hydroxylation is 1. The lowest BCUT2D eigenvalue weighted by atomic mass is 10.1. The Labute approximate surface area is 120 Å². The van der Waals surface area contributed by atoms with E-state index in [0.717, 1.165) is 5.92 Å². The number of esters is 1. The molecule has 1 aromatic rings. The summed E-state index contributed by atoms with van der Waals surface area (Å²) in [7, 11) is 2.98. The predicted octanol–water partition coefficient (Wildman–Crippen LogP) is 1.99.